The summed E-state index contributed by atoms with van der Waals surface area (Å²) < 4.78 is 0. The van der Waals surface area contributed by atoms with E-state index in [-0.39, 0.29) is 0 Å². The molecule has 0 spiro atoms. The summed E-state index contributed by atoms with van der Waals surface area (Å²) in [5, 5.41) is 3.71. The zero-order valence-corrected chi connectivity index (χ0v) is 12.3. The highest BCUT2D eigenvalue weighted by molar-refractivity contribution is 5.02. The zero-order valence-electron chi connectivity index (χ0n) is 12.3. The molecule has 2 atom stereocenters. The first-order valence-electron chi connectivity index (χ1n) is 7.56. The SMILES string of the molecule is CC1CCCC(NCCN(C)Cc2ccccn2)C1. The van der Waals surface area contributed by atoms with Gasteiger partial charge in [-0.1, -0.05) is 25.8 Å². The van der Waals surface area contributed by atoms with E-state index in [2.05, 4.69) is 41.3 Å². The van der Waals surface area contributed by atoms with Crippen LogP contribution in [0.25, 0.3) is 0 Å². The van der Waals surface area contributed by atoms with Gasteiger partial charge >= 0.3 is 0 Å². The Morgan fingerprint density at radius 3 is 3.00 bits per heavy atom. The van der Waals surface area contributed by atoms with Crippen molar-refractivity contribution < 1.29 is 0 Å². The molecule has 1 aliphatic rings. The highest BCUT2D eigenvalue weighted by atomic mass is 15.1. The third-order valence-electron chi connectivity index (χ3n) is 4.02. The smallest absolute Gasteiger partial charge is 0.0543 e. The van der Waals surface area contributed by atoms with Crippen molar-refractivity contribution in [3.63, 3.8) is 0 Å². The van der Waals surface area contributed by atoms with Crippen molar-refractivity contribution in [1.82, 2.24) is 15.2 Å². The summed E-state index contributed by atoms with van der Waals surface area (Å²) >= 11 is 0. The lowest BCUT2D eigenvalue weighted by Gasteiger charge is -2.28. The summed E-state index contributed by atoms with van der Waals surface area (Å²) in [5.74, 6) is 0.900. The quantitative estimate of drug-likeness (QED) is 0.853. The van der Waals surface area contributed by atoms with Crippen molar-refractivity contribution in [2.75, 3.05) is 20.1 Å². The largest absolute Gasteiger partial charge is 0.313 e. The minimum atomic E-state index is 0.743. The molecule has 1 aromatic rings. The first kappa shape index (κ1) is 14.5. The molecule has 0 radical (unpaired) electrons. The lowest BCUT2D eigenvalue weighted by Crippen LogP contribution is -2.38. The van der Waals surface area contributed by atoms with Crippen molar-refractivity contribution >= 4 is 0 Å². The third kappa shape index (κ3) is 5.29. The van der Waals surface area contributed by atoms with Gasteiger partial charge < -0.3 is 5.32 Å². The zero-order chi connectivity index (χ0) is 13.5. The number of hydrogen-bond acceptors (Lipinski definition) is 3. The Balaban J connectivity index is 1.62. The number of likely N-dealkylation sites (N-methyl/N-ethyl adjacent to an activating group) is 1. The second kappa shape index (κ2) is 7.61. The fourth-order valence-corrected chi connectivity index (χ4v) is 2.93. The van der Waals surface area contributed by atoms with E-state index in [0.717, 1.165) is 37.3 Å². The molecule has 2 rings (SSSR count). The Kier molecular flexibility index (Phi) is 5.80. The molecule has 0 amide bonds. The van der Waals surface area contributed by atoms with E-state index in [1.54, 1.807) is 0 Å². The van der Waals surface area contributed by atoms with E-state index in [1.165, 1.54) is 25.7 Å². The van der Waals surface area contributed by atoms with E-state index >= 15 is 0 Å². The van der Waals surface area contributed by atoms with Gasteiger partial charge in [-0.05, 0) is 37.9 Å². The molecule has 0 aliphatic heterocycles. The lowest BCUT2D eigenvalue weighted by atomic mass is 9.87. The van der Waals surface area contributed by atoms with E-state index in [4.69, 9.17) is 0 Å². The maximum absolute atomic E-state index is 4.36. The number of aromatic nitrogens is 1. The summed E-state index contributed by atoms with van der Waals surface area (Å²) in [5.41, 5.74) is 1.15. The van der Waals surface area contributed by atoms with Gasteiger partial charge in [0.1, 0.15) is 0 Å². The topological polar surface area (TPSA) is 28.2 Å². The van der Waals surface area contributed by atoms with Crippen LogP contribution >= 0.6 is 0 Å². The molecule has 2 unspecified atom stereocenters. The van der Waals surface area contributed by atoms with Crippen LogP contribution in [0.3, 0.4) is 0 Å². The van der Waals surface area contributed by atoms with Crippen LogP contribution in [0.5, 0.6) is 0 Å². The minimum Gasteiger partial charge on any atom is -0.313 e. The van der Waals surface area contributed by atoms with Gasteiger partial charge in [-0.3, -0.25) is 9.88 Å². The molecular weight excluding hydrogens is 234 g/mol. The second-order valence-corrected chi connectivity index (χ2v) is 5.98. The van der Waals surface area contributed by atoms with Gasteiger partial charge in [-0.15, -0.1) is 0 Å². The van der Waals surface area contributed by atoms with Crippen molar-refractivity contribution in [1.29, 1.82) is 0 Å². The van der Waals surface area contributed by atoms with Gasteiger partial charge in [-0.2, -0.15) is 0 Å². The van der Waals surface area contributed by atoms with Crippen LogP contribution in [0.2, 0.25) is 0 Å². The normalized spacial score (nSPS) is 23.7. The Bertz CT molecular complexity index is 352. The summed E-state index contributed by atoms with van der Waals surface area (Å²) in [6.07, 6.45) is 7.38. The average Bonchev–Trinajstić information content (AvgIpc) is 2.40. The Labute approximate surface area is 117 Å². The molecule has 1 aromatic heterocycles. The van der Waals surface area contributed by atoms with Crippen LogP contribution in [0.4, 0.5) is 0 Å². The number of nitrogens with one attached hydrogen (secondary N) is 1. The van der Waals surface area contributed by atoms with Gasteiger partial charge in [0.05, 0.1) is 5.69 Å². The van der Waals surface area contributed by atoms with Crippen molar-refractivity contribution in [2.24, 2.45) is 5.92 Å². The van der Waals surface area contributed by atoms with Gasteiger partial charge in [0.15, 0.2) is 0 Å². The molecule has 19 heavy (non-hydrogen) atoms. The maximum atomic E-state index is 4.36. The molecule has 3 nitrogen and oxygen atoms in total. The highest BCUT2D eigenvalue weighted by Gasteiger charge is 2.17. The van der Waals surface area contributed by atoms with Crippen LogP contribution in [0, 0.1) is 5.92 Å². The summed E-state index contributed by atoms with van der Waals surface area (Å²) in [6, 6.07) is 6.85. The predicted molar refractivity (Wildman–Crippen MR) is 80.0 cm³/mol. The number of pyridine rings is 1. The molecule has 1 aliphatic carbocycles. The maximum Gasteiger partial charge on any atom is 0.0543 e. The number of hydrogen-bond donors (Lipinski definition) is 1. The second-order valence-electron chi connectivity index (χ2n) is 5.98. The molecular formula is C16H27N3. The predicted octanol–water partition coefficient (Wildman–Crippen LogP) is 2.68. The molecule has 3 heteroatoms. The van der Waals surface area contributed by atoms with Crippen molar-refractivity contribution in [3.05, 3.63) is 30.1 Å². The van der Waals surface area contributed by atoms with Gasteiger partial charge in [0.2, 0.25) is 0 Å². The molecule has 1 N–H and O–H groups in total. The summed E-state index contributed by atoms with van der Waals surface area (Å²) in [6.45, 7) is 5.48. The summed E-state index contributed by atoms with van der Waals surface area (Å²) in [7, 11) is 2.17. The van der Waals surface area contributed by atoms with Crippen LogP contribution in [-0.2, 0) is 6.54 Å². The third-order valence-corrected chi connectivity index (χ3v) is 4.02. The Morgan fingerprint density at radius 2 is 2.26 bits per heavy atom. The van der Waals surface area contributed by atoms with Gasteiger partial charge in [0, 0.05) is 31.9 Å². The van der Waals surface area contributed by atoms with Crippen LogP contribution in [0.15, 0.2) is 24.4 Å². The monoisotopic (exact) mass is 261 g/mol. The van der Waals surface area contributed by atoms with E-state index in [0.29, 0.717) is 0 Å². The fraction of sp³-hybridized carbons (Fsp3) is 0.688. The first-order valence-corrected chi connectivity index (χ1v) is 7.56. The molecule has 1 fully saturated rings. The molecule has 106 valence electrons. The molecule has 0 bridgehead atoms. The minimum absolute atomic E-state index is 0.743. The van der Waals surface area contributed by atoms with Gasteiger partial charge in [-0.25, -0.2) is 0 Å². The fourth-order valence-electron chi connectivity index (χ4n) is 2.93. The summed E-state index contributed by atoms with van der Waals surface area (Å²) in [4.78, 5) is 6.70. The van der Waals surface area contributed by atoms with E-state index < -0.39 is 0 Å². The number of rotatable bonds is 6. The Hall–Kier alpha value is -0.930. The molecule has 1 heterocycles. The van der Waals surface area contributed by atoms with Crippen LogP contribution in [0.1, 0.15) is 38.3 Å². The van der Waals surface area contributed by atoms with Crippen molar-refractivity contribution in [3.8, 4) is 0 Å². The standard InChI is InChI=1S/C16H27N3/c1-14-6-5-8-15(12-14)18-10-11-19(2)13-16-7-3-4-9-17-16/h3-4,7,9,14-15,18H,5-6,8,10-13H2,1-2H3. The Morgan fingerprint density at radius 1 is 1.37 bits per heavy atom. The number of nitrogens with zero attached hydrogens (tertiary/aromatic N) is 2. The van der Waals surface area contributed by atoms with E-state index in [1.807, 2.05) is 12.3 Å². The van der Waals surface area contributed by atoms with E-state index in [9.17, 15) is 0 Å². The van der Waals surface area contributed by atoms with Crippen molar-refractivity contribution in [2.45, 2.75) is 45.2 Å². The van der Waals surface area contributed by atoms with Crippen LogP contribution < -0.4 is 5.32 Å². The first-order chi connectivity index (χ1) is 9.24. The lowest BCUT2D eigenvalue weighted by molar-refractivity contribution is 0.273. The molecule has 0 aromatic carbocycles. The molecule has 1 saturated carbocycles. The highest BCUT2D eigenvalue weighted by Crippen LogP contribution is 2.23. The van der Waals surface area contributed by atoms with Crippen LogP contribution in [-0.4, -0.2) is 36.1 Å². The average molecular weight is 261 g/mol. The molecule has 0 saturated heterocycles. The van der Waals surface area contributed by atoms with Gasteiger partial charge in [0.25, 0.3) is 0 Å².